The van der Waals surface area contributed by atoms with Crippen LogP contribution >= 0.6 is 22.7 Å². The van der Waals surface area contributed by atoms with E-state index in [1.54, 1.807) is 40.9 Å². The summed E-state index contributed by atoms with van der Waals surface area (Å²) >= 11 is 3.14. The number of aromatic nitrogens is 2. The summed E-state index contributed by atoms with van der Waals surface area (Å²) in [5, 5.41) is 14.0. The molecule has 47 heavy (non-hydrogen) atoms. The number of hydrogen-bond donors (Lipinski definition) is 2. The fraction of sp³-hybridized carbons (Fsp3) is 0.135. The number of thiophene rings is 2. The molecule has 236 valence electrons. The van der Waals surface area contributed by atoms with E-state index in [1.165, 1.54) is 16.2 Å². The summed E-state index contributed by atoms with van der Waals surface area (Å²) in [5.41, 5.74) is 10.1. The number of nitrogens with two attached hydrogens (primary N) is 1. The number of carbonyl (C=O) groups excluding carboxylic acids is 2. The number of benzene rings is 3. The van der Waals surface area contributed by atoms with E-state index in [0.29, 0.717) is 42.2 Å². The van der Waals surface area contributed by atoms with Crippen LogP contribution in [0.2, 0.25) is 0 Å². The number of nitriles is 1. The number of carbonyl (C=O) groups is 2. The zero-order valence-corrected chi connectivity index (χ0v) is 27.5. The first-order chi connectivity index (χ1) is 23.0. The molecule has 0 atom stereocenters. The Kier molecular flexibility index (Phi) is 11.4. The summed E-state index contributed by atoms with van der Waals surface area (Å²) in [4.78, 5) is 34.9. The highest BCUT2D eigenvalue weighted by atomic mass is 32.1. The smallest absolute Gasteiger partial charge is 0.261 e. The van der Waals surface area contributed by atoms with E-state index >= 15 is 0 Å². The van der Waals surface area contributed by atoms with Gasteiger partial charge in [-0.25, -0.2) is 4.98 Å². The Morgan fingerprint density at radius 3 is 2.36 bits per heavy atom. The van der Waals surface area contributed by atoms with Crippen LogP contribution in [0.3, 0.4) is 0 Å². The average molecular weight is 659 g/mol. The van der Waals surface area contributed by atoms with E-state index in [0.717, 1.165) is 27.4 Å². The zero-order chi connectivity index (χ0) is 33.0. The molecule has 0 radical (unpaired) electrons. The minimum atomic E-state index is -0.117. The van der Waals surface area contributed by atoms with Crippen LogP contribution in [0.5, 0.6) is 0 Å². The maximum atomic E-state index is 13.7. The third-order valence-corrected chi connectivity index (χ3v) is 9.26. The van der Waals surface area contributed by atoms with Crippen LogP contribution in [0.4, 0.5) is 5.69 Å². The molecular weight excluding hydrogens is 625 g/mol. The quantitative estimate of drug-likeness (QED) is 0.160. The summed E-state index contributed by atoms with van der Waals surface area (Å²) in [5.74, 6) is -0.193. The second-order valence-corrected chi connectivity index (χ2v) is 12.5. The molecule has 6 aromatic rings. The van der Waals surface area contributed by atoms with Gasteiger partial charge in [-0.2, -0.15) is 5.26 Å². The molecule has 0 aliphatic heterocycles. The Morgan fingerprint density at radius 1 is 0.957 bits per heavy atom. The lowest BCUT2D eigenvalue weighted by Gasteiger charge is -2.24. The number of hydrogen-bond acceptors (Lipinski definition) is 7. The van der Waals surface area contributed by atoms with Crippen molar-refractivity contribution in [3.8, 4) is 16.5 Å². The highest BCUT2D eigenvalue weighted by Gasteiger charge is 2.20. The number of anilines is 1. The van der Waals surface area contributed by atoms with Crippen LogP contribution in [-0.4, -0.2) is 27.9 Å². The molecule has 0 aliphatic carbocycles. The second kappa shape index (κ2) is 16.3. The minimum absolute atomic E-state index is 0.0763. The van der Waals surface area contributed by atoms with Crippen molar-refractivity contribution in [1.82, 2.24) is 14.9 Å². The summed E-state index contributed by atoms with van der Waals surface area (Å²) in [6.45, 7) is 4.05. The average Bonchev–Trinajstić information content (AvgIpc) is 3.92. The maximum Gasteiger partial charge on any atom is 0.261 e. The molecule has 0 spiro atoms. The molecule has 3 aromatic heterocycles. The van der Waals surface area contributed by atoms with Gasteiger partial charge in [-0.15, -0.1) is 22.7 Å². The standard InChI is InChI=1S/C32H27N5O2S.C5H7NS/c1-2-35-31(38)30-17-16-29(40-30)25-12-14-27(15-13-25)37(32(39)26-6-4-3-5-7-26)21-28-19-34-22-36(28)20-24-10-8-23(18-33)9-11-24;6-4-5-2-1-3-7-5/h3-17,19,22H,2,20-21H2,1H3,(H,35,38);1-3H,4,6H2. The first kappa shape index (κ1) is 33.0. The van der Waals surface area contributed by atoms with E-state index in [4.69, 9.17) is 11.0 Å². The number of nitrogens with zero attached hydrogens (tertiary/aromatic N) is 4. The molecule has 0 saturated carbocycles. The van der Waals surface area contributed by atoms with Crippen molar-refractivity contribution < 1.29 is 9.59 Å². The molecule has 0 saturated heterocycles. The molecule has 2 amide bonds. The molecule has 0 aliphatic rings. The summed E-state index contributed by atoms with van der Waals surface area (Å²) in [7, 11) is 0. The Morgan fingerprint density at radius 2 is 1.72 bits per heavy atom. The Bertz CT molecular complexity index is 1920. The molecule has 6 rings (SSSR count). The van der Waals surface area contributed by atoms with Gasteiger partial charge in [0, 0.05) is 46.8 Å². The van der Waals surface area contributed by atoms with Crippen molar-refractivity contribution in [3.63, 3.8) is 0 Å². The van der Waals surface area contributed by atoms with Crippen LogP contribution in [0.25, 0.3) is 10.4 Å². The van der Waals surface area contributed by atoms with Crippen molar-refractivity contribution >= 4 is 40.2 Å². The molecule has 8 nitrogen and oxygen atoms in total. The summed E-state index contributed by atoms with van der Waals surface area (Å²) < 4.78 is 2.01. The third-order valence-electron chi connectivity index (χ3n) is 7.23. The Balaban J connectivity index is 0.000000549. The zero-order valence-electron chi connectivity index (χ0n) is 25.9. The predicted molar refractivity (Wildman–Crippen MR) is 189 cm³/mol. The second-order valence-electron chi connectivity index (χ2n) is 10.4. The van der Waals surface area contributed by atoms with E-state index < -0.39 is 0 Å². The maximum absolute atomic E-state index is 13.7. The van der Waals surface area contributed by atoms with Crippen LogP contribution in [0, 0.1) is 11.3 Å². The SMILES string of the molecule is CCNC(=O)c1ccc(-c2ccc(N(Cc3cncn3Cc3ccc(C#N)cc3)C(=O)c3ccccc3)cc2)s1.NCc1cccs1. The monoisotopic (exact) mass is 658 g/mol. The van der Waals surface area contributed by atoms with Gasteiger partial charge < -0.3 is 20.5 Å². The van der Waals surface area contributed by atoms with Gasteiger partial charge >= 0.3 is 0 Å². The molecule has 0 fully saturated rings. The lowest BCUT2D eigenvalue weighted by Crippen LogP contribution is -2.31. The van der Waals surface area contributed by atoms with Gasteiger partial charge in [0.1, 0.15) is 0 Å². The van der Waals surface area contributed by atoms with Gasteiger partial charge in [-0.1, -0.05) is 48.5 Å². The molecule has 3 heterocycles. The van der Waals surface area contributed by atoms with Crippen LogP contribution in [-0.2, 0) is 19.6 Å². The van der Waals surface area contributed by atoms with Gasteiger partial charge in [-0.3, -0.25) is 9.59 Å². The molecule has 0 bridgehead atoms. The van der Waals surface area contributed by atoms with Gasteiger partial charge in [0.05, 0.1) is 35.1 Å². The molecule has 0 unspecified atom stereocenters. The number of amides is 2. The highest BCUT2D eigenvalue weighted by Crippen LogP contribution is 2.31. The van der Waals surface area contributed by atoms with E-state index in [9.17, 15) is 9.59 Å². The lowest BCUT2D eigenvalue weighted by molar-refractivity contribution is 0.0957. The Labute approximate surface area is 282 Å². The summed E-state index contributed by atoms with van der Waals surface area (Å²) in [6.07, 6.45) is 3.53. The van der Waals surface area contributed by atoms with Crippen molar-refractivity contribution in [2.45, 2.75) is 26.6 Å². The number of imidazole rings is 1. The van der Waals surface area contributed by atoms with Crippen molar-refractivity contribution in [1.29, 1.82) is 5.26 Å². The number of rotatable bonds is 10. The molecule has 3 N–H and O–H groups in total. The minimum Gasteiger partial charge on any atom is -0.352 e. The van der Waals surface area contributed by atoms with Gasteiger partial charge in [-0.05, 0) is 78.0 Å². The normalized spacial score (nSPS) is 10.4. The van der Waals surface area contributed by atoms with Gasteiger partial charge in [0.2, 0.25) is 0 Å². The first-order valence-corrected chi connectivity index (χ1v) is 16.7. The van der Waals surface area contributed by atoms with Crippen LogP contribution in [0.1, 0.15) is 48.7 Å². The molecule has 10 heteroatoms. The van der Waals surface area contributed by atoms with Gasteiger partial charge in [0.15, 0.2) is 0 Å². The highest BCUT2D eigenvalue weighted by molar-refractivity contribution is 7.17. The van der Waals surface area contributed by atoms with Crippen LogP contribution in [0.15, 0.2) is 121 Å². The molecule has 3 aromatic carbocycles. The van der Waals surface area contributed by atoms with E-state index in [2.05, 4.69) is 16.4 Å². The molecular formula is C37H34N6O2S2. The predicted octanol–water partition coefficient (Wildman–Crippen LogP) is 7.34. The topological polar surface area (TPSA) is 117 Å². The van der Waals surface area contributed by atoms with Gasteiger partial charge in [0.25, 0.3) is 11.8 Å². The fourth-order valence-corrected chi connectivity index (χ4v) is 6.29. The number of nitrogens with one attached hydrogen (secondary N) is 1. The largest absolute Gasteiger partial charge is 0.352 e. The van der Waals surface area contributed by atoms with Crippen molar-refractivity contribution in [2.75, 3.05) is 11.4 Å². The Hall–Kier alpha value is -5.34. The van der Waals surface area contributed by atoms with Crippen molar-refractivity contribution in [2.24, 2.45) is 5.73 Å². The third kappa shape index (κ3) is 8.68. The van der Waals surface area contributed by atoms with E-state index in [-0.39, 0.29) is 11.8 Å². The summed E-state index contributed by atoms with van der Waals surface area (Å²) in [6, 6.07) is 34.4. The fourth-order valence-electron chi connectivity index (χ4n) is 4.78. The first-order valence-electron chi connectivity index (χ1n) is 15.0. The lowest BCUT2D eigenvalue weighted by atomic mass is 10.1. The van der Waals surface area contributed by atoms with E-state index in [1.807, 2.05) is 108 Å². The van der Waals surface area contributed by atoms with Crippen LogP contribution < -0.4 is 16.0 Å². The van der Waals surface area contributed by atoms with Crippen molar-refractivity contribution in [3.05, 3.63) is 153 Å².